The number of alkyl halides is 2. The van der Waals surface area contributed by atoms with E-state index in [1.807, 2.05) is 18.2 Å². The van der Waals surface area contributed by atoms with Crippen molar-refractivity contribution in [3.63, 3.8) is 0 Å². The Balaban J connectivity index is 1.44. The van der Waals surface area contributed by atoms with Gasteiger partial charge in [-0.05, 0) is 40.4 Å². The molecule has 1 aromatic carbocycles. The molecule has 0 saturated heterocycles. The van der Waals surface area contributed by atoms with Crippen LogP contribution in [0.15, 0.2) is 35.1 Å². The Morgan fingerprint density at radius 1 is 1.31 bits per heavy atom. The van der Waals surface area contributed by atoms with E-state index in [0.29, 0.717) is 17.3 Å². The molecule has 29 heavy (non-hydrogen) atoms. The van der Waals surface area contributed by atoms with Crippen LogP contribution in [0.1, 0.15) is 42.1 Å². The lowest BCUT2D eigenvalue weighted by Crippen LogP contribution is -2.21. The summed E-state index contributed by atoms with van der Waals surface area (Å²) in [5.74, 6) is -0.182. The van der Waals surface area contributed by atoms with Gasteiger partial charge in [0.2, 0.25) is 11.9 Å². The van der Waals surface area contributed by atoms with Gasteiger partial charge in [-0.2, -0.15) is 5.10 Å². The molecule has 7 nitrogen and oxygen atoms in total. The smallest absolute Gasteiger partial charge is 0.283 e. The molecule has 2 aromatic heterocycles. The molecule has 0 aliphatic heterocycles. The number of rotatable bonds is 7. The maximum Gasteiger partial charge on any atom is 0.283 e. The fourth-order valence-corrected chi connectivity index (χ4v) is 3.98. The van der Waals surface area contributed by atoms with Crippen LogP contribution < -0.4 is 5.32 Å². The maximum atomic E-state index is 13.2. The third kappa shape index (κ3) is 4.48. The second-order valence-electron chi connectivity index (χ2n) is 6.72. The molecule has 0 atom stereocenters. The number of benzene rings is 1. The van der Waals surface area contributed by atoms with Gasteiger partial charge in [0.15, 0.2) is 0 Å². The Kier molecular flexibility index (Phi) is 5.64. The zero-order valence-corrected chi connectivity index (χ0v) is 17.4. The highest BCUT2D eigenvalue weighted by molar-refractivity contribution is 9.10. The van der Waals surface area contributed by atoms with Gasteiger partial charge in [-0.1, -0.05) is 29.8 Å². The van der Waals surface area contributed by atoms with E-state index in [0.717, 1.165) is 18.4 Å². The Bertz CT molecular complexity index is 1050. The minimum Gasteiger partial charge on any atom is -0.292 e. The Hall–Kier alpha value is -2.33. The second-order valence-corrected chi connectivity index (χ2v) is 7.92. The fourth-order valence-electron chi connectivity index (χ4n) is 3.01. The summed E-state index contributed by atoms with van der Waals surface area (Å²) < 4.78 is 29.5. The van der Waals surface area contributed by atoms with Crippen molar-refractivity contribution in [3.8, 4) is 0 Å². The molecule has 0 unspecified atom stereocenters. The predicted octanol–water partition coefficient (Wildman–Crippen LogP) is 4.39. The standard InChI is InChI=1S/C18H16BrClF2N6O/c19-14-15(17(21)22)25-28(16(14)10-5-6-10)8-13(29)24-18-23-9-27(26-18)7-11-3-1-2-4-12(11)20/h1-4,9-10,17H,5-8H2,(H,24,26,29). The van der Waals surface area contributed by atoms with E-state index in [1.165, 1.54) is 11.0 Å². The normalized spacial score (nSPS) is 13.8. The highest BCUT2D eigenvalue weighted by Crippen LogP contribution is 2.45. The molecular weight excluding hydrogens is 470 g/mol. The molecule has 4 rings (SSSR count). The lowest BCUT2D eigenvalue weighted by molar-refractivity contribution is -0.117. The average Bonchev–Trinajstić information content (AvgIpc) is 3.32. The number of hydrogen-bond acceptors (Lipinski definition) is 4. The molecule has 0 spiro atoms. The van der Waals surface area contributed by atoms with Crippen molar-refractivity contribution < 1.29 is 13.6 Å². The van der Waals surface area contributed by atoms with Crippen molar-refractivity contribution in [2.45, 2.75) is 38.3 Å². The third-order valence-corrected chi connectivity index (χ3v) is 5.68. The van der Waals surface area contributed by atoms with Crippen molar-refractivity contribution in [1.82, 2.24) is 24.5 Å². The molecule has 1 aliphatic rings. The van der Waals surface area contributed by atoms with Gasteiger partial charge in [-0.15, -0.1) is 5.10 Å². The zero-order chi connectivity index (χ0) is 20.5. The number of hydrogen-bond donors (Lipinski definition) is 1. The molecule has 11 heteroatoms. The minimum absolute atomic E-state index is 0.121. The van der Waals surface area contributed by atoms with Crippen LogP contribution >= 0.6 is 27.5 Å². The van der Waals surface area contributed by atoms with E-state index in [1.54, 1.807) is 10.7 Å². The molecule has 3 aromatic rings. The van der Waals surface area contributed by atoms with Crippen LogP contribution in [-0.4, -0.2) is 30.5 Å². The molecule has 1 amide bonds. The van der Waals surface area contributed by atoms with Gasteiger partial charge in [0.1, 0.15) is 18.6 Å². The average molecular weight is 486 g/mol. The molecule has 2 heterocycles. The van der Waals surface area contributed by atoms with Crippen molar-refractivity contribution in [2.24, 2.45) is 0 Å². The van der Waals surface area contributed by atoms with Crippen LogP contribution in [0, 0.1) is 0 Å². The van der Waals surface area contributed by atoms with Crippen molar-refractivity contribution in [3.05, 3.63) is 57.0 Å². The molecule has 0 bridgehead atoms. The summed E-state index contributed by atoms with van der Waals surface area (Å²) in [6, 6.07) is 7.36. The third-order valence-electron chi connectivity index (χ3n) is 4.50. The number of carbonyl (C=O) groups is 1. The van der Waals surface area contributed by atoms with Crippen LogP contribution in [0.4, 0.5) is 14.7 Å². The van der Waals surface area contributed by atoms with Gasteiger partial charge in [0.05, 0.1) is 16.7 Å². The largest absolute Gasteiger partial charge is 0.292 e. The van der Waals surface area contributed by atoms with Crippen LogP contribution in [0.25, 0.3) is 0 Å². The number of anilines is 1. The van der Waals surface area contributed by atoms with E-state index in [4.69, 9.17) is 11.6 Å². The molecule has 0 radical (unpaired) electrons. The number of nitrogens with one attached hydrogen (secondary N) is 1. The van der Waals surface area contributed by atoms with Crippen molar-refractivity contribution >= 4 is 39.4 Å². The summed E-state index contributed by atoms with van der Waals surface area (Å²) in [6.07, 6.45) is 0.549. The highest BCUT2D eigenvalue weighted by Gasteiger charge is 2.34. The second kappa shape index (κ2) is 8.19. The van der Waals surface area contributed by atoms with Crippen molar-refractivity contribution in [2.75, 3.05) is 5.32 Å². The van der Waals surface area contributed by atoms with E-state index in [2.05, 4.69) is 36.4 Å². The Morgan fingerprint density at radius 2 is 2.07 bits per heavy atom. The first-order valence-corrected chi connectivity index (χ1v) is 10.1. The molecule has 1 N–H and O–H groups in total. The van der Waals surface area contributed by atoms with Crippen LogP contribution in [0.3, 0.4) is 0 Å². The van der Waals surface area contributed by atoms with E-state index < -0.39 is 12.3 Å². The fraction of sp³-hybridized carbons (Fsp3) is 0.333. The maximum absolute atomic E-state index is 13.2. The highest BCUT2D eigenvalue weighted by atomic mass is 79.9. The van der Waals surface area contributed by atoms with E-state index in [9.17, 15) is 13.6 Å². The van der Waals surface area contributed by atoms with Crippen LogP contribution in [-0.2, 0) is 17.9 Å². The van der Waals surface area contributed by atoms with E-state index in [-0.39, 0.29) is 28.6 Å². The number of carbonyl (C=O) groups excluding carboxylic acids is 1. The van der Waals surface area contributed by atoms with Gasteiger partial charge in [0.25, 0.3) is 6.43 Å². The first-order chi connectivity index (χ1) is 13.9. The molecular formula is C18H16BrClF2N6O. The molecule has 1 saturated carbocycles. The van der Waals surface area contributed by atoms with Crippen molar-refractivity contribution in [1.29, 1.82) is 0 Å². The quantitative estimate of drug-likeness (QED) is 0.538. The first kappa shape index (κ1) is 20.0. The Morgan fingerprint density at radius 3 is 2.76 bits per heavy atom. The van der Waals surface area contributed by atoms with Crippen LogP contribution in [0.2, 0.25) is 5.02 Å². The van der Waals surface area contributed by atoms with Gasteiger partial charge in [0, 0.05) is 10.9 Å². The lowest BCUT2D eigenvalue weighted by Gasteiger charge is -2.06. The summed E-state index contributed by atoms with van der Waals surface area (Å²) in [5, 5.41) is 11.3. The molecule has 1 fully saturated rings. The van der Waals surface area contributed by atoms with Gasteiger partial charge in [-0.3, -0.25) is 14.8 Å². The SMILES string of the molecule is O=C(Cn1nc(C(F)F)c(Br)c1C1CC1)Nc1ncn(Cc2ccccc2Cl)n1. The summed E-state index contributed by atoms with van der Waals surface area (Å²) in [5.41, 5.74) is 1.15. The molecule has 152 valence electrons. The zero-order valence-electron chi connectivity index (χ0n) is 15.0. The number of amides is 1. The number of nitrogens with zero attached hydrogens (tertiary/aromatic N) is 5. The van der Waals surface area contributed by atoms with Gasteiger partial charge < -0.3 is 0 Å². The summed E-state index contributed by atoms with van der Waals surface area (Å²) >= 11 is 9.35. The molecule has 1 aliphatic carbocycles. The topological polar surface area (TPSA) is 77.6 Å². The lowest BCUT2D eigenvalue weighted by atomic mass is 10.2. The summed E-state index contributed by atoms with van der Waals surface area (Å²) in [4.78, 5) is 16.5. The Labute approximate surface area is 178 Å². The first-order valence-electron chi connectivity index (χ1n) is 8.89. The summed E-state index contributed by atoms with van der Waals surface area (Å²) in [7, 11) is 0. The van der Waals surface area contributed by atoms with Gasteiger partial charge in [-0.25, -0.2) is 18.4 Å². The summed E-state index contributed by atoms with van der Waals surface area (Å²) in [6.45, 7) is 0.203. The minimum atomic E-state index is -2.71. The van der Waals surface area contributed by atoms with E-state index >= 15 is 0 Å². The predicted molar refractivity (Wildman–Crippen MR) is 106 cm³/mol. The number of aromatic nitrogens is 5. The monoisotopic (exact) mass is 484 g/mol. The van der Waals surface area contributed by atoms with Gasteiger partial charge >= 0.3 is 0 Å². The van der Waals surface area contributed by atoms with Crippen LogP contribution in [0.5, 0.6) is 0 Å². The number of halogens is 4.